The van der Waals surface area contributed by atoms with Crippen molar-refractivity contribution in [2.24, 2.45) is 0 Å². The van der Waals surface area contributed by atoms with Gasteiger partial charge in [0, 0.05) is 5.56 Å². The van der Waals surface area contributed by atoms with E-state index in [0.717, 1.165) is 6.07 Å². The van der Waals surface area contributed by atoms with Crippen LogP contribution in [0.5, 0.6) is 23.1 Å². The van der Waals surface area contributed by atoms with Gasteiger partial charge in [0.25, 0.3) is 5.56 Å². The normalized spacial score (nSPS) is 12.5. The Kier molecular flexibility index (Phi) is 2.52. The van der Waals surface area contributed by atoms with Gasteiger partial charge in [0.2, 0.25) is 18.4 Å². The van der Waals surface area contributed by atoms with Gasteiger partial charge in [-0.15, -0.1) is 0 Å². The Morgan fingerprint density at radius 1 is 1.37 bits per heavy atom. The van der Waals surface area contributed by atoms with Crippen LogP contribution in [0.1, 0.15) is 0 Å². The van der Waals surface area contributed by atoms with E-state index in [1.807, 2.05) is 0 Å². The molecule has 1 aliphatic heterocycles. The third-order valence-corrected chi connectivity index (χ3v) is 2.66. The fourth-order valence-corrected chi connectivity index (χ4v) is 1.85. The summed E-state index contributed by atoms with van der Waals surface area (Å²) >= 11 is 0. The van der Waals surface area contributed by atoms with Crippen molar-refractivity contribution >= 4 is 0 Å². The first kappa shape index (κ1) is 11.4. The number of rotatable bonds is 2. The average molecular weight is 262 g/mol. The van der Waals surface area contributed by atoms with Crippen LogP contribution >= 0.6 is 0 Å². The van der Waals surface area contributed by atoms with E-state index in [1.54, 1.807) is 12.1 Å². The number of hydrogen-bond acceptors (Lipinski definition) is 6. The molecule has 1 aliphatic rings. The van der Waals surface area contributed by atoms with E-state index in [9.17, 15) is 9.90 Å². The van der Waals surface area contributed by atoms with Crippen molar-refractivity contribution in [2.75, 3.05) is 13.9 Å². The van der Waals surface area contributed by atoms with E-state index >= 15 is 0 Å². The Bertz CT molecular complexity index is 695. The third kappa shape index (κ3) is 1.95. The van der Waals surface area contributed by atoms with Crippen LogP contribution in [-0.4, -0.2) is 29.0 Å². The van der Waals surface area contributed by atoms with Crippen LogP contribution < -0.4 is 19.8 Å². The van der Waals surface area contributed by atoms with Crippen LogP contribution in [0.3, 0.4) is 0 Å². The number of nitrogens with zero attached hydrogens (tertiary/aromatic N) is 1. The van der Waals surface area contributed by atoms with Gasteiger partial charge < -0.3 is 24.3 Å². The van der Waals surface area contributed by atoms with Crippen LogP contribution in [0.25, 0.3) is 11.4 Å². The van der Waals surface area contributed by atoms with E-state index in [-0.39, 0.29) is 18.5 Å². The van der Waals surface area contributed by atoms with Crippen molar-refractivity contribution < 1.29 is 19.3 Å². The Hall–Kier alpha value is -2.70. The molecule has 2 aromatic rings. The highest BCUT2D eigenvalue weighted by Gasteiger charge is 2.21. The van der Waals surface area contributed by atoms with Crippen molar-refractivity contribution in [3.05, 3.63) is 28.6 Å². The van der Waals surface area contributed by atoms with Crippen LogP contribution in [-0.2, 0) is 0 Å². The molecule has 7 heteroatoms. The average Bonchev–Trinajstić information content (AvgIpc) is 2.84. The minimum absolute atomic E-state index is 0.110. The van der Waals surface area contributed by atoms with Crippen molar-refractivity contribution in [3.8, 4) is 34.5 Å². The van der Waals surface area contributed by atoms with E-state index < -0.39 is 5.56 Å². The Balaban J connectivity index is 2.18. The standard InChI is InChI=1S/C12H10N2O5/c1-17-7-2-6(3-8-11(7)19-5-18-8)12-13-9(15)4-10(16)14-12/h2-4H,5H2,1H3,(H2,13,14,15,16). The van der Waals surface area contributed by atoms with Crippen molar-refractivity contribution in [1.29, 1.82) is 0 Å². The largest absolute Gasteiger partial charge is 0.493 e. The van der Waals surface area contributed by atoms with E-state index in [0.29, 0.717) is 22.8 Å². The maximum absolute atomic E-state index is 11.3. The maximum Gasteiger partial charge on any atom is 0.254 e. The van der Waals surface area contributed by atoms with Gasteiger partial charge in [0.15, 0.2) is 11.5 Å². The van der Waals surface area contributed by atoms with Crippen LogP contribution in [0.4, 0.5) is 0 Å². The van der Waals surface area contributed by atoms with Crippen LogP contribution in [0.15, 0.2) is 23.0 Å². The molecule has 2 heterocycles. The first-order valence-electron chi connectivity index (χ1n) is 5.45. The number of benzene rings is 1. The molecule has 0 unspecified atom stereocenters. The molecule has 0 bridgehead atoms. The Morgan fingerprint density at radius 3 is 2.95 bits per heavy atom. The smallest absolute Gasteiger partial charge is 0.254 e. The molecule has 0 saturated heterocycles. The van der Waals surface area contributed by atoms with Gasteiger partial charge in [-0.1, -0.05) is 0 Å². The summed E-state index contributed by atoms with van der Waals surface area (Å²) in [5.41, 5.74) is 0.105. The summed E-state index contributed by atoms with van der Waals surface area (Å²) in [7, 11) is 1.50. The predicted molar refractivity (Wildman–Crippen MR) is 64.6 cm³/mol. The predicted octanol–water partition coefficient (Wildman–Crippen LogP) is 0.880. The summed E-state index contributed by atoms with van der Waals surface area (Å²) in [4.78, 5) is 17.7. The number of hydrogen-bond donors (Lipinski definition) is 2. The monoisotopic (exact) mass is 262 g/mol. The van der Waals surface area contributed by atoms with E-state index in [1.165, 1.54) is 7.11 Å². The van der Waals surface area contributed by atoms with E-state index in [2.05, 4.69) is 9.97 Å². The van der Waals surface area contributed by atoms with E-state index in [4.69, 9.17) is 14.2 Å². The summed E-state index contributed by atoms with van der Waals surface area (Å²) in [5, 5.41) is 9.36. The van der Waals surface area contributed by atoms with Crippen LogP contribution in [0.2, 0.25) is 0 Å². The molecule has 19 heavy (non-hydrogen) atoms. The molecule has 0 amide bonds. The fraction of sp³-hybridized carbons (Fsp3) is 0.167. The lowest BCUT2D eigenvalue weighted by molar-refractivity contribution is 0.171. The first-order chi connectivity index (χ1) is 9.17. The number of aromatic hydroxyl groups is 1. The lowest BCUT2D eigenvalue weighted by Crippen LogP contribution is -2.06. The first-order valence-corrected chi connectivity index (χ1v) is 5.45. The highest BCUT2D eigenvalue weighted by Crippen LogP contribution is 2.43. The number of aromatic amines is 1. The number of fused-ring (bicyclic) bond motifs is 1. The van der Waals surface area contributed by atoms with Crippen molar-refractivity contribution in [2.45, 2.75) is 0 Å². The Labute approximate surface area is 107 Å². The van der Waals surface area contributed by atoms with Gasteiger partial charge in [0.05, 0.1) is 13.2 Å². The summed E-state index contributed by atoms with van der Waals surface area (Å²) in [6.45, 7) is 0.110. The lowest BCUT2D eigenvalue weighted by atomic mass is 10.1. The van der Waals surface area contributed by atoms with Gasteiger partial charge in [-0.2, -0.15) is 4.98 Å². The summed E-state index contributed by atoms with van der Waals surface area (Å²) < 4.78 is 15.7. The molecule has 0 radical (unpaired) electrons. The number of nitrogens with one attached hydrogen (secondary N) is 1. The van der Waals surface area contributed by atoms with Gasteiger partial charge >= 0.3 is 0 Å². The molecular formula is C12H10N2O5. The number of aromatic nitrogens is 2. The molecule has 2 N–H and O–H groups in total. The molecule has 3 rings (SSSR count). The van der Waals surface area contributed by atoms with Gasteiger partial charge in [-0.05, 0) is 12.1 Å². The zero-order chi connectivity index (χ0) is 13.4. The number of ether oxygens (including phenoxy) is 3. The molecule has 0 spiro atoms. The van der Waals surface area contributed by atoms with Gasteiger partial charge in [-0.25, -0.2) is 0 Å². The second kappa shape index (κ2) is 4.20. The van der Waals surface area contributed by atoms with Crippen molar-refractivity contribution in [1.82, 2.24) is 9.97 Å². The van der Waals surface area contributed by atoms with Crippen molar-refractivity contribution in [3.63, 3.8) is 0 Å². The topological polar surface area (TPSA) is 93.7 Å². The zero-order valence-electron chi connectivity index (χ0n) is 9.97. The molecular weight excluding hydrogens is 252 g/mol. The molecule has 0 aliphatic carbocycles. The summed E-state index contributed by atoms with van der Waals surface area (Å²) in [6, 6.07) is 4.29. The Morgan fingerprint density at radius 2 is 2.21 bits per heavy atom. The summed E-state index contributed by atoms with van der Waals surface area (Å²) in [6.07, 6.45) is 0. The van der Waals surface area contributed by atoms with Gasteiger partial charge in [-0.3, -0.25) is 4.79 Å². The SMILES string of the molecule is COc1cc(-c2nc(O)cc(=O)[nH]2)cc2c1OCO2. The second-order valence-corrected chi connectivity index (χ2v) is 3.86. The van der Waals surface area contributed by atoms with Gasteiger partial charge in [0.1, 0.15) is 5.82 Å². The second-order valence-electron chi connectivity index (χ2n) is 3.86. The molecule has 0 saturated carbocycles. The molecule has 0 atom stereocenters. The number of methoxy groups -OCH3 is 1. The maximum atomic E-state index is 11.3. The minimum Gasteiger partial charge on any atom is -0.493 e. The quantitative estimate of drug-likeness (QED) is 0.834. The molecule has 0 fully saturated rings. The summed E-state index contributed by atoms with van der Waals surface area (Å²) in [5.74, 6) is 1.35. The highest BCUT2D eigenvalue weighted by atomic mass is 16.7. The van der Waals surface area contributed by atoms with Crippen LogP contribution in [0, 0.1) is 0 Å². The molecule has 98 valence electrons. The lowest BCUT2D eigenvalue weighted by Gasteiger charge is -2.07. The third-order valence-electron chi connectivity index (χ3n) is 2.66. The fourth-order valence-electron chi connectivity index (χ4n) is 1.85. The molecule has 7 nitrogen and oxygen atoms in total. The molecule has 1 aromatic heterocycles. The number of H-pyrrole nitrogens is 1. The molecule has 1 aromatic carbocycles. The minimum atomic E-state index is -0.445. The zero-order valence-corrected chi connectivity index (χ0v) is 9.97. The highest BCUT2D eigenvalue weighted by molar-refractivity contribution is 5.67.